The summed E-state index contributed by atoms with van der Waals surface area (Å²) in [7, 11) is 1.00. The van der Waals surface area contributed by atoms with E-state index in [-0.39, 0.29) is 0 Å². The second-order valence-corrected chi connectivity index (χ2v) is 3.24. The second kappa shape index (κ2) is 16.3. The molecule has 0 amide bonds. The number of aliphatic hydroxyl groups excluding tert-OH is 1. The minimum atomic E-state index is 0.729. The van der Waals surface area contributed by atoms with Crippen molar-refractivity contribution in [2.75, 3.05) is 7.11 Å². The van der Waals surface area contributed by atoms with Crippen LogP contribution in [-0.4, -0.2) is 18.5 Å². The van der Waals surface area contributed by atoms with Crippen molar-refractivity contribution in [3.05, 3.63) is 35.9 Å². The second-order valence-electron chi connectivity index (χ2n) is 3.24. The van der Waals surface area contributed by atoms with Crippen molar-refractivity contribution in [2.45, 2.75) is 39.5 Å². The van der Waals surface area contributed by atoms with E-state index < -0.39 is 0 Å². The number of benzene rings is 1. The van der Waals surface area contributed by atoms with Gasteiger partial charge >= 0.3 is 0 Å². The number of unbranched alkanes of at least 4 members (excludes halogenated alkanes) is 3. The van der Waals surface area contributed by atoms with Crippen LogP contribution in [0.25, 0.3) is 0 Å². The smallest absolute Gasteiger partial charge is 0.150 e. The van der Waals surface area contributed by atoms with Crippen molar-refractivity contribution in [1.82, 2.24) is 0 Å². The number of rotatable bonds is 4. The molecule has 92 valence electrons. The van der Waals surface area contributed by atoms with E-state index in [0.29, 0.717) is 0 Å². The summed E-state index contributed by atoms with van der Waals surface area (Å²) >= 11 is 0. The van der Waals surface area contributed by atoms with E-state index in [1.165, 1.54) is 25.7 Å². The van der Waals surface area contributed by atoms with Crippen LogP contribution in [0.4, 0.5) is 0 Å². The lowest BCUT2D eigenvalue weighted by molar-refractivity contribution is 0.112. The molecule has 0 heterocycles. The third kappa shape index (κ3) is 12.8. The first kappa shape index (κ1) is 17.3. The normalized spacial score (nSPS) is 8.00. The molecule has 0 saturated heterocycles. The Balaban J connectivity index is 0. The van der Waals surface area contributed by atoms with E-state index in [0.717, 1.165) is 19.0 Å². The van der Waals surface area contributed by atoms with Crippen LogP contribution in [0.1, 0.15) is 49.9 Å². The molecular formula is C14H24O2. The van der Waals surface area contributed by atoms with Crippen molar-refractivity contribution in [3.8, 4) is 0 Å². The van der Waals surface area contributed by atoms with Gasteiger partial charge in [0, 0.05) is 12.7 Å². The Bertz CT molecular complexity index is 215. The number of hydrogen-bond acceptors (Lipinski definition) is 2. The van der Waals surface area contributed by atoms with Crippen LogP contribution in [0.2, 0.25) is 0 Å². The topological polar surface area (TPSA) is 37.3 Å². The zero-order chi connectivity index (χ0) is 12.6. The summed E-state index contributed by atoms with van der Waals surface area (Å²) in [5.41, 5.74) is 0.729. The van der Waals surface area contributed by atoms with E-state index in [1.807, 2.05) is 18.2 Å². The maximum absolute atomic E-state index is 10.0. The van der Waals surface area contributed by atoms with Gasteiger partial charge in [0.15, 0.2) is 0 Å². The van der Waals surface area contributed by atoms with Gasteiger partial charge in [0.1, 0.15) is 6.29 Å². The summed E-state index contributed by atoms with van der Waals surface area (Å²) < 4.78 is 0. The molecule has 0 unspecified atom stereocenters. The molecule has 1 rings (SSSR count). The Hall–Kier alpha value is -1.15. The highest BCUT2D eigenvalue weighted by molar-refractivity contribution is 5.74. The fraction of sp³-hybridized carbons (Fsp3) is 0.500. The fourth-order valence-electron chi connectivity index (χ4n) is 1.03. The summed E-state index contributed by atoms with van der Waals surface area (Å²) in [6.07, 6.45) is 6.37. The predicted molar refractivity (Wildman–Crippen MR) is 69.8 cm³/mol. The quantitative estimate of drug-likeness (QED) is 0.625. The molecular weight excluding hydrogens is 200 g/mol. The zero-order valence-corrected chi connectivity index (χ0v) is 10.6. The van der Waals surface area contributed by atoms with Gasteiger partial charge in [0.25, 0.3) is 0 Å². The average Bonchev–Trinajstić information content (AvgIpc) is 2.40. The molecule has 0 radical (unpaired) electrons. The number of aldehydes is 1. The highest BCUT2D eigenvalue weighted by Crippen LogP contribution is 1.95. The van der Waals surface area contributed by atoms with Crippen molar-refractivity contribution in [2.24, 2.45) is 0 Å². The monoisotopic (exact) mass is 224 g/mol. The molecule has 1 aromatic rings. The van der Waals surface area contributed by atoms with E-state index in [1.54, 1.807) is 12.1 Å². The highest BCUT2D eigenvalue weighted by atomic mass is 16.2. The predicted octanol–water partition coefficient (Wildman–Crippen LogP) is 3.69. The SMILES string of the molecule is CCCCCC.CO.O=Cc1ccccc1. The van der Waals surface area contributed by atoms with Crippen molar-refractivity contribution in [3.63, 3.8) is 0 Å². The zero-order valence-electron chi connectivity index (χ0n) is 10.6. The van der Waals surface area contributed by atoms with Gasteiger partial charge < -0.3 is 5.11 Å². The van der Waals surface area contributed by atoms with E-state index in [2.05, 4.69) is 13.8 Å². The number of aliphatic hydroxyl groups is 1. The molecule has 0 spiro atoms. The average molecular weight is 224 g/mol. The van der Waals surface area contributed by atoms with Gasteiger partial charge in [-0.2, -0.15) is 0 Å². The van der Waals surface area contributed by atoms with Gasteiger partial charge in [-0.25, -0.2) is 0 Å². The number of hydrogen-bond donors (Lipinski definition) is 1. The Morgan fingerprint density at radius 1 is 1.00 bits per heavy atom. The van der Waals surface area contributed by atoms with E-state index in [9.17, 15) is 4.79 Å². The Kier molecular flexibility index (Phi) is 17.6. The van der Waals surface area contributed by atoms with E-state index >= 15 is 0 Å². The molecule has 2 nitrogen and oxygen atoms in total. The first-order valence-corrected chi connectivity index (χ1v) is 5.80. The van der Waals surface area contributed by atoms with Crippen LogP contribution in [0.3, 0.4) is 0 Å². The molecule has 0 saturated carbocycles. The number of carbonyl (C=O) groups is 1. The van der Waals surface area contributed by atoms with E-state index in [4.69, 9.17) is 5.11 Å². The molecule has 1 aromatic carbocycles. The van der Waals surface area contributed by atoms with Gasteiger partial charge in [-0.05, 0) is 0 Å². The lowest BCUT2D eigenvalue weighted by Gasteiger charge is -1.86. The summed E-state index contributed by atoms with van der Waals surface area (Å²) in [4.78, 5) is 10.0. The van der Waals surface area contributed by atoms with Gasteiger partial charge in [-0.15, -0.1) is 0 Å². The first-order chi connectivity index (χ1) is 7.85. The minimum absolute atomic E-state index is 0.729. The molecule has 0 atom stereocenters. The molecule has 0 aliphatic heterocycles. The molecule has 0 aromatic heterocycles. The van der Waals surface area contributed by atoms with Crippen molar-refractivity contribution >= 4 is 6.29 Å². The first-order valence-electron chi connectivity index (χ1n) is 5.80. The Morgan fingerprint density at radius 2 is 1.44 bits per heavy atom. The van der Waals surface area contributed by atoms with Crippen LogP contribution >= 0.6 is 0 Å². The van der Waals surface area contributed by atoms with Gasteiger partial charge in [-0.3, -0.25) is 4.79 Å². The summed E-state index contributed by atoms with van der Waals surface area (Å²) in [6.45, 7) is 4.46. The fourth-order valence-corrected chi connectivity index (χ4v) is 1.03. The molecule has 16 heavy (non-hydrogen) atoms. The van der Waals surface area contributed by atoms with Crippen LogP contribution in [0.15, 0.2) is 30.3 Å². The maximum atomic E-state index is 10.0. The Morgan fingerprint density at radius 3 is 1.69 bits per heavy atom. The molecule has 0 aliphatic carbocycles. The van der Waals surface area contributed by atoms with Crippen molar-refractivity contribution in [1.29, 1.82) is 0 Å². The molecule has 0 fully saturated rings. The van der Waals surface area contributed by atoms with Crippen LogP contribution < -0.4 is 0 Å². The molecule has 1 N–H and O–H groups in total. The van der Waals surface area contributed by atoms with Gasteiger partial charge in [0.05, 0.1) is 0 Å². The third-order valence-corrected chi connectivity index (χ3v) is 1.89. The largest absolute Gasteiger partial charge is 0.400 e. The maximum Gasteiger partial charge on any atom is 0.150 e. The highest BCUT2D eigenvalue weighted by Gasteiger charge is 1.80. The van der Waals surface area contributed by atoms with Crippen LogP contribution in [-0.2, 0) is 0 Å². The summed E-state index contributed by atoms with van der Waals surface area (Å²) in [5, 5.41) is 7.00. The summed E-state index contributed by atoms with van der Waals surface area (Å²) in [6, 6.07) is 9.10. The minimum Gasteiger partial charge on any atom is -0.400 e. The third-order valence-electron chi connectivity index (χ3n) is 1.89. The number of carbonyl (C=O) groups excluding carboxylic acids is 1. The summed E-state index contributed by atoms with van der Waals surface area (Å²) in [5.74, 6) is 0. The van der Waals surface area contributed by atoms with Crippen LogP contribution in [0, 0.1) is 0 Å². The molecule has 2 heteroatoms. The Labute approximate surface area is 99.3 Å². The lowest BCUT2D eigenvalue weighted by atomic mass is 10.2. The standard InChI is InChI=1S/C7H6O.C6H14.CH4O/c8-6-7-4-2-1-3-5-7;1-3-5-6-4-2;1-2/h1-6H;3-6H2,1-2H3;2H,1H3. The van der Waals surface area contributed by atoms with Gasteiger partial charge in [-0.1, -0.05) is 69.9 Å². The van der Waals surface area contributed by atoms with Gasteiger partial charge in [0.2, 0.25) is 0 Å². The lowest BCUT2D eigenvalue weighted by Crippen LogP contribution is -1.73. The molecule has 0 aliphatic rings. The molecule has 0 bridgehead atoms. The van der Waals surface area contributed by atoms with Crippen molar-refractivity contribution < 1.29 is 9.90 Å². The van der Waals surface area contributed by atoms with Crippen LogP contribution in [0.5, 0.6) is 0 Å².